The van der Waals surface area contributed by atoms with Gasteiger partial charge in [-0.2, -0.15) is 0 Å². The zero-order valence-electron chi connectivity index (χ0n) is 19.7. The van der Waals surface area contributed by atoms with Crippen LogP contribution in [0.15, 0.2) is 42.7 Å². The number of methoxy groups -OCH3 is 1. The number of aromatic nitrogens is 2. The van der Waals surface area contributed by atoms with Crippen molar-refractivity contribution < 1.29 is 33.6 Å². The highest BCUT2D eigenvalue weighted by atomic mass is 32.1. The Morgan fingerprint density at radius 1 is 1.20 bits per heavy atom. The Hall–Kier alpha value is -3.92. The second-order valence-corrected chi connectivity index (χ2v) is 8.95. The number of aromatic amines is 1. The minimum atomic E-state index is -1.29. The molecule has 2 atom stereocenters. The fraction of sp³-hybridized carbons (Fsp3) is 0.280. The molecule has 180 valence electrons. The number of benzene rings is 1. The lowest BCUT2D eigenvalue weighted by Crippen LogP contribution is -2.31. The zero-order chi connectivity index (χ0) is 25.3. The van der Waals surface area contributed by atoms with Gasteiger partial charge >= 0.3 is 5.97 Å². The number of hydrogen-bond donors (Lipinski definition) is 0. The minimum Gasteiger partial charge on any atom is -0.497 e. The van der Waals surface area contributed by atoms with E-state index in [0.29, 0.717) is 28.1 Å². The molecule has 3 aromatic rings. The number of nitrogens with one attached hydrogen (secondary N) is 1. The van der Waals surface area contributed by atoms with E-state index in [1.807, 2.05) is 0 Å². The maximum Gasteiger partial charge on any atom is 0.350 e. The highest BCUT2D eigenvalue weighted by molar-refractivity contribution is 7.17. The first-order valence-electron chi connectivity index (χ1n) is 10.9. The van der Waals surface area contributed by atoms with E-state index in [-0.39, 0.29) is 16.6 Å². The van der Waals surface area contributed by atoms with Crippen molar-refractivity contribution >= 4 is 39.9 Å². The van der Waals surface area contributed by atoms with Gasteiger partial charge in [-0.1, -0.05) is 11.3 Å². The van der Waals surface area contributed by atoms with Crippen LogP contribution in [0, 0.1) is 19.8 Å². The van der Waals surface area contributed by atoms with Gasteiger partial charge in [0.1, 0.15) is 16.5 Å². The summed E-state index contributed by atoms with van der Waals surface area (Å²) in [7, 11) is 1.52. The molecule has 0 aliphatic carbocycles. The fourth-order valence-electron chi connectivity index (χ4n) is 4.15. The molecule has 0 radical (unpaired) electrons. The summed E-state index contributed by atoms with van der Waals surface area (Å²) in [5.74, 6) is -3.43. The Morgan fingerprint density at radius 2 is 1.97 bits per heavy atom. The number of thiazole rings is 1. The van der Waals surface area contributed by atoms with E-state index < -0.39 is 35.4 Å². The number of Topliss-reactive ketones (excluding diaryl/α,β-unsaturated/α-hetero) is 2. The molecule has 0 bridgehead atoms. The molecular weight excluding hydrogens is 470 g/mol. The lowest BCUT2D eigenvalue weighted by atomic mass is 9.85. The van der Waals surface area contributed by atoms with E-state index in [4.69, 9.17) is 9.47 Å². The van der Waals surface area contributed by atoms with Crippen molar-refractivity contribution in [3.63, 3.8) is 0 Å². The zero-order valence-corrected chi connectivity index (χ0v) is 20.5. The van der Waals surface area contributed by atoms with E-state index >= 15 is 0 Å². The molecule has 1 aromatic carbocycles. The molecule has 1 saturated heterocycles. The number of carbonyl (C=O) groups is 4. The third-order valence-electron chi connectivity index (χ3n) is 5.81. The molecular formula is C25H24N3O6S+. The second-order valence-electron chi connectivity index (χ2n) is 7.98. The quantitative estimate of drug-likeness (QED) is 0.215. The van der Waals surface area contributed by atoms with E-state index in [2.05, 4.69) is 9.97 Å². The van der Waals surface area contributed by atoms with Gasteiger partial charge < -0.3 is 9.47 Å². The van der Waals surface area contributed by atoms with Crippen molar-refractivity contribution in [1.29, 1.82) is 0 Å². The van der Waals surface area contributed by atoms with Crippen molar-refractivity contribution in [2.45, 2.75) is 26.8 Å². The number of anilines is 1. The van der Waals surface area contributed by atoms with Gasteiger partial charge in [-0.3, -0.25) is 19.3 Å². The first-order chi connectivity index (χ1) is 16.8. The SMILES string of the molecule is CCOC(=O)c1sc(N2C(=O)C(=O)C(C(=O)c3ccc(OC)cc3C)C2c2ccc[nH+]c2)nc1C. The highest BCUT2D eigenvalue weighted by Gasteiger charge is 2.54. The van der Waals surface area contributed by atoms with Crippen LogP contribution in [-0.4, -0.2) is 42.1 Å². The van der Waals surface area contributed by atoms with Crippen molar-refractivity contribution in [2.24, 2.45) is 5.92 Å². The third-order valence-corrected chi connectivity index (χ3v) is 6.95. The van der Waals surface area contributed by atoms with Crippen LogP contribution in [-0.2, 0) is 14.3 Å². The summed E-state index contributed by atoms with van der Waals surface area (Å²) in [4.78, 5) is 61.4. The molecule has 1 N–H and O–H groups in total. The summed E-state index contributed by atoms with van der Waals surface area (Å²) >= 11 is 0.956. The smallest absolute Gasteiger partial charge is 0.350 e. The van der Waals surface area contributed by atoms with Crippen molar-refractivity contribution in [3.05, 3.63) is 70.0 Å². The van der Waals surface area contributed by atoms with E-state index in [1.54, 1.807) is 63.5 Å². The van der Waals surface area contributed by atoms with E-state index in [1.165, 1.54) is 12.0 Å². The topological polar surface area (TPSA) is 117 Å². The van der Waals surface area contributed by atoms with Gasteiger partial charge in [0, 0.05) is 17.2 Å². The maximum atomic E-state index is 13.7. The molecule has 4 rings (SSSR count). The first kappa shape index (κ1) is 24.2. The van der Waals surface area contributed by atoms with Crippen molar-refractivity contribution in [2.75, 3.05) is 18.6 Å². The summed E-state index contributed by atoms with van der Waals surface area (Å²) in [5, 5.41) is 0.152. The molecule has 3 heterocycles. The minimum absolute atomic E-state index is 0.152. The molecule has 0 saturated carbocycles. The summed E-state index contributed by atoms with van der Waals surface area (Å²) in [5.41, 5.74) is 1.89. The van der Waals surface area contributed by atoms with E-state index in [9.17, 15) is 19.2 Å². The van der Waals surface area contributed by atoms with Crippen LogP contribution in [0.25, 0.3) is 0 Å². The van der Waals surface area contributed by atoms with Crippen LogP contribution < -0.4 is 14.6 Å². The number of carbonyl (C=O) groups excluding carboxylic acids is 4. The number of ether oxygens (including phenoxy) is 2. The Bertz CT molecular complexity index is 1320. The second kappa shape index (κ2) is 9.75. The molecule has 35 heavy (non-hydrogen) atoms. The summed E-state index contributed by atoms with van der Waals surface area (Å²) in [6.45, 7) is 5.25. The van der Waals surface area contributed by atoms with Gasteiger partial charge in [-0.25, -0.2) is 14.8 Å². The van der Waals surface area contributed by atoms with Gasteiger partial charge in [-0.05, 0) is 50.6 Å². The standard InChI is InChI=1S/C25H23N3O6S/c1-5-34-24(32)22-14(3)27-25(35-22)28-19(15-7-6-10-26-12-15)18(21(30)23(28)31)20(29)17-9-8-16(33-4)11-13(17)2/h6-12,18-19H,5H2,1-4H3/p+1. The van der Waals surface area contributed by atoms with Gasteiger partial charge in [0.2, 0.25) is 5.78 Å². The predicted octanol–water partition coefficient (Wildman–Crippen LogP) is 2.92. The molecule has 9 nitrogen and oxygen atoms in total. The van der Waals surface area contributed by atoms with Gasteiger partial charge in [0.15, 0.2) is 23.3 Å². The molecule has 10 heteroatoms. The Balaban J connectivity index is 1.82. The van der Waals surface area contributed by atoms with Crippen LogP contribution in [0.5, 0.6) is 5.75 Å². The number of aryl methyl sites for hydroxylation is 2. The van der Waals surface area contributed by atoms with Gasteiger partial charge in [0.05, 0.1) is 25.5 Å². The van der Waals surface area contributed by atoms with Crippen LogP contribution >= 0.6 is 11.3 Å². The van der Waals surface area contributed by atoms with Crippen LogP contribution in [0.3, 0.4) is 0 Å². The lowest BCUT2D eigenvalue weighted by molar-refractivity contribution is -0.378. The Labute approximate surface area is 205 Å². The number of H-pyrrole nitrogens is 1. The average molecular weight is 495 g/mol. The number of nitrogens with zero attached hydrogens (tertiary/aromatic N) is 2. The van der Waals surface area contributed by atoms with Crippen LogP contribution in [0.4, 0.5) is 5.13 Å². The normalized spacial score (nSPS) is 17.5. The first-order valence-corrected chi connectivity index (χ1v) is 11.8. The van der Waals surface area contributed by atoms with Crippen molar-refractivity contribution in [1.82, 2.24) is 4.98 Å². The fourth-order valence-corrected chi connectivity index (χ4v) is 5.15. The Kier molecular flexibility index (Phi) is 6.74. The molecule has 1 aliphatic heterocycles. The van der Waals surface area contributed by atoms with Crippen LogP contribution in [0.1, 0.15) is 49.8 Å². The highest BCUT2D eigenvalue weighted by Crippen LogP contribution is 2.43. The Morgan fingerprint density at radius 3 is 2.60 bits per heavy atom. The molecule has 1 fully saturated rings. The number of amides is 1. The molecule has 0 spiro atoms. The number of pyridine rings is 1. The van der Waals surface area contributed by atoms with Gasteiger partial charge in [0.25, 0.3) is 5.91 Å². The molecule has 1 aliphatic rings. The summed E-state index contributed by atoms with van der Waals surface area (Å²) in [6, 6.07) is 7.44. The van der Waals surface area contributed by atoms with Crippen LogP contribution in [0.2, 0.25) is 0 Å². The third kappa shape index (κ3) is 4.32. The largest absolute Gasteiger partial charge is 0.497 e. The molecule has 1 amide bonds. The summed E-state index contributed by atoms with van der Waals surface area (Å²) < 4.78 is 10.3. The number of ketones is 2. The number of rotatable bonds is 7. The summed E-state index contributed by atoms with van der Waals surface area (Å²) in [6.07, 6.45) is 3.32. The van der Waals surface area contributed by atoms with Gasteiger partial charge in [-0.15, -0.1) is 0 Å². The number of esters is 1. The maximum absolute atomic E-state index is 13.7. The number of hydrogen-bond acceptors (Lipinski definition) is 8. The molecule has 2 unspecified atom stereocenters. The predicted molar refractivity (Wildman–Crippen MR) is 127 cm³/mol. The molecule has 2 aromatic heterocycles. The van der Waals surface area contributed by atoms with Crippen molar-refractivity contribution in [3.8, 4) is 5.75 Å². The average Bonchev–Trinajstić information content (AvgIpc) is 3.36. The lowest BCUT2D eigenvalue weighted by Gasteiger charge is -2.24. The monoisotopic (exact) mass is 494 g/mol. The van der Waals surface area contributed by atoms with E-state index in [0.717, 1.165) is 11.3 Å².